The molecule has 0 spiro atoms. The van der Waals surface area contributed by atoms with E-state index in [2.05, 4.69) is 40.3 Å². The molecule has 0 saturated heterocycles. The summed E-state index contributed by atoms with van der Waals surface area (Å²) in [7, 11) is 0. The van der Waals surface area contributed by atoms with Gasteiger partial charge in [0, 0.05) is 15.5 Å². The number of hydrogen-bond acceptors (Lipinski definition) is 1. The second-order valence-corrected chi connectivity index (χ2v) is 6.55. The zero-order valence-corrected chi connectivity index (χ0v) is 13.2. The summed E-state index contributed by atoms with van der Waals surface area (Å²) in [5.41, 5.74) is 1.25. The van der Waals surface area contributed by atoms with Gasteiger partial charge in [-0.05, 0) is 43.0 Å². The lowest BCUT2D eigenvalue weighted by Crippen LogP contribution is -2.34. The standard InChI is InChI=1S/C15H21BrClN/c1-2-18-14(8-11-4-3-5-11)9-12-6-7-13(16)10-15(12)17/h6-7,10-11,14,18H,2-5,8-9H2,1H3. The van der Waals surface area contributed by atoms with E-state index >= 15 is 0 Å². The van der Waals surface area contributed by atoms with Gasteiger partial charge in [-0.1, -0.05) is 59.8 Å². The zero-order chi connectivity index (χ0) is 13.0. The molecule has 1 aromatic carbocycles. The molecule has 0 heterocycles. The molecular weight excluding hydrogens is 310 g/mol. The highest BCUT2D eigenvalue weighted by atomic mass is 79.9. The van der Waals surface area contributed by atoms with Crippen LogP contribution in [0, 0.1) is 5.92 Å². The lowest BCUT2D eigenvalue weighted by atomic mass is 9.80. The molecule has 1 N–H and O–H groups in total. The van der Waals surface area contributed by atoms with E-state index in [4.69, 9.17) is 11.6 Å². The molecule has 0 bridgehead atoms. The third-order valence-electron chi connectivity index (χ3n) is 3.82. The van der Waals surface area contributed by atoms with E-state index in [0.29, 0.717) is 6.04 Å². The van der Waals surface area contributed by atoms with Gasteiger partial charge in [-0.15, -0.1) is 0 Å². The fraction of sp³-hybridized carbons (Fsp3) is 0.600. The van der Waals surface area contributed by atoms with Crippen LogP contribution in [-0.4, -0.2) is 12.6 Å². The first kappa shape index (κ1) is 14.4. The van der Waals surface area contributed by atoms with Crippen molar-refractivity contribution >= 4 is 27.5 Å². The second kappa shape index (κ2) is 6.93. The number of rotatable bonds is 6. The largest absolute Gasteiger partial charge is 0.314 e. The first-order valence-corrected chi connectivity index (χ1v) is 8.03. The van der Waals surface area contributed by atoms with Gasteiger partial charge in [0.05, 0.1) is 0 Å². The summed E-state index contributed by atoms with van der Waals surface area (Å²) in [5.74, 6) is 0.934. The SMILES string of the molecule is CCNC(Cc1ccc(Br)cc1Cl)CC1CCC1. The van der Waals surface area contributed by atoms with E-state index in [-0.39, 0.29) is 0 Å². The van der Waals surface area contributed by atoms with Crippen LogP contribution in [0.25, 0.3) is 0 Å². The smallest absolute Gasteiger partial charge is 0.0449 e. The van der Waals surface area contributed by atoms with Crippen molar-refractivity contribution in [2.45, 2.75) is 45.1 Å². The van der Waals surface area contributed by atoms with Gasteiger partial charge in [-0.25, -0.2) is 0 Å². The van der Waals surface area contributed by atoms with Crippen LogP contribution >= 0.6 is 27.5 Å². The summed E-state index contributed by atoms with van der Waals surface area (Å²) in [6.45, 7) is 3.21. The molecule has 100 valence electrons. The lowest BCUT2D eigenvalue weighted by Gasteiger charge is -2.30. The average Bonchev–Trinajstić information content (AvgIpc) is 2.27. The summed E-state index contributed by atoms with van der Waals surface area (Å²) in [6.07, 6.45) is 6.57. The highest BCUT2D eigenvalue weighted by molar-refractivity contribution is 9.10. The lowest BCUT2D eigenvalue weighted by molar-refractivity contribution is 0.260. The maximum absolute atomic E-state index is 6.30. The molecule has 0 aliphatic heterocycles. The minimum Gasteiger partial charge on any atom is -0.314 e. The molecule has 0 aromatic heterocycles. The maximum atomic E-state index is 6.30. The number of likely N-dealkylation sites (N-methyl/N-ethyl adjacent to an activating group) is 1. The summed E-state index contributed by atoms with van der Waals surface area (Å²) >= 11 is 9.75. The summed E-state index contributed by atoms with van der Waals surface area (Å²) in [6, 6.07) is 6.77. The van der Waals surface area contributed by atoms with Crippen LogP contribution in [0.3, 0.4) is 0 Å². The summed E-state index contributed by atoms with van der Waals surface area (Å²) in [5, 5.41) is 4.48. The molecule has 1 aromatic rings. The van der Waals surface area contributed by atoms with Crippen molar-refractivity contribution in [2.75, 3.05) is 6.54 Å². The third kappa shape index (κ3) is 3.97. The predicted molar refractivity (Wildman–Crippen MR) is 82.3 cm³/mol. The van der Waals surface area contributed by atoms with Gasteiger partial charge < -0.3 is 5.32 Å². The van der Waals surface area contributed by atoms with E-state index in [9.17, 15) is 0 Å². The number of benzene rings is 1. The molecule has 0 radical (unpaired) electrons. The average molecular weight is 331 g/mol. The summed E-state index contributed by atoms with van der Waals surface area (Å²) in [4.78, 5) is 0. The predicted octanol–water partition coefficient (Wildman–Crippen LogP) is 4.81. The molecule has 1 atom stereocenters. The molecule has 1 unspecified atom stereocenters. The van der Waals surface area contributed by atoms with Crippen molar-refractivity contribution in [3.05, 3.63) is 33.3 Å². The molecule has 1 aliphatic rings. The number of nitrogens with one attached hydrogen (secondary N) is 1. The van der Waals surface area contributed by atoms with Crippen LogP contribution in [0.4, 0.5) is 0 Å². The first-order chi connectivity index (χ1) is 8.69. The Kier molecular flexibility index (Phi) is 5.53. The molecule has 1 saturated carbocycles. The van der Waals surface area contributed by atoms with Gasteiger partial charge in [0.25, 0.3) is 0 Å². The Labute approximate surface area is 123 Å². The topological polar surface area (TPSA) is 12.0 Å². The van der Waals surface area contributed by atoms with Crippen LogP contribution in [0.1, 0.15) is 38.2 Å². The van der Waals surface area contributed by atoms with E-state index in [1.807, 2.05) is 6.07 Å². The maximum Gasteiger partial charge on any atom is 0.0449 e. The Morgan fingerprint density at radius 1 is 1.44 bits per heavy atom. The van der Waals surface area contributed by atoms with E-state index in [1.54, 1.807) is 0 Å². The molecule has 1 nitrogen and oxygen atoms in total. The van der Waals surface area contributed by atoms with Gasteiger partial charge in [0.2, 0.25) is 0 Å². The molecule has 2 rings (SSSR count). The van der Waals surface area contributed by atoms with E-state index in [1.165, 1.54) is 31.2 Å². The van der Waals surface area contributed by atoms with Gasteiger partial charge in [0.1, 0.15) is 0 Å². The van der Waals surface area contributed by atoms with Gasteiger partial charge in [-0.2, -0.15) is 0 Å². The fourth-order valence-electron chi connectivity index (χ4n) is 2.61. The van der Waals surface area contributed by atoms with E-state index < -0.39 is 0 Å². The molecular formula is C15H21BrClN. The zero-order valence-electron chi connectivity index (χ0n) is 10.9. The van der Waals surface area contributed by atoms with Crippen molar-refractivity contribution in [1.82, 2.24) is 5.32 Å². The quantitative estimate of drug-likeness (QED) is 0.789. The van der Waals surface area contributed by atoms with Crippen LogP contribution in [0.5, 0.6) is 0 Å². The third-order valence-corrected chi connectivity index (χ3v) is 4.66. The highest BCUT2D eigenvalue weighted by Gasteiger charge is 2.22. The minimum absolute atomic E-state index is 0.568. The fourth-order valence-corrected chi connectivity index (χ4v) is 3.36. The van der Waals surface area contributed by atoms with Crippen molar-refractivity contribution in [3.63, 3.8) is 0 Å². The van der Waals surface area contributed by atoms with E-state index in [0.717, 1.165) is 28.4 Å². The van der Waals surface area contributed by atoms with Crippen LogP contribution in [0.2, 0.25) is 5.02 Å². The molecule has 1 aliphatic carbocycles. The van der Waals surface area contributed by atoms with Gasteiger partial charge in [0.15, 0.2) is 0 Å². The molecule has 18 heavy (non-hydrogen) atoms. The van der Waals surface area contributed by atoms with Crippen LogP contribution in [-0.2, 0) is 6.42 Å². The van der Waals surface area contributed by atoms with Crippen molar-refractivity contribution < 1.29 is 0 Å². The minimum atomic E-state index is 0.568. The van der Waals surface area contributed by atoms with Gasteiger partial charge >= 0.3 is 0 Å². The monoisotopic (exact) mass is 329 g/mol. The molecule has 3 heteroatoms. The number of hydrogen-bond donors (Lipinski definition) is 1. The Bertz CT molecular complexity index is 390. The van der Waals surface area contributed by atoms with Crippen molar-refractivity contribution in [1.29, 1.82) is 0 Å². The molecule has 0 amide bonds. The van der Waals surface area contributed by atoms with Crippen LogP contribution < -0.4 is 5.32 Å². The Hall–Kier alpha value is -0.0500. The van der Waals surface area contributed by atoms with Crippen LogP contribution in [0.15, 0.2) is 22.7 Å². The molecule has 1 fully saturated rings. The summed E-state index contributed by atoms with van der Waals surface area (Å²) < 4.78 is 1.05. The van der Waals surface area contributed by atoms with Gasteiger partial charge in [-0.3, -0.25) is 0 Å². The second-order valence-electron chi connectivity index (χ2n) is 5.23. The Morgan fingerprint density at radius 3 is 2.78 bits per heavy atom. The normalized spacial score (nSPS) is 17.5. The Balaban J connectivity index is 1.97. The van der Waals surface area contributed by atoms with Crippen molar-refractivity contribution in [3.8, 4) is 0 Å². The number of halogens is 2. The highest BCUT2D eigenvalue weighted by Crippen LogP contribution is 2.32. The van der Waals surface area contributed by atoms with Crippen molar-refractivity contribution in [2.24, 2.45) is 5.92 Å². The first-order valence-electron chi connectivity index (χ1n) is 6.86. The Morgan fingerprint density at radius 2 is 2.22 bits per heavy atom.